The summed E-state index contributed by atoms with van der Waals surface area (Å²) < 4.78 is 0. The molecular formula is C90H133N29O23S2. The van der Waals surface area contributed by atoms with E-state index in [1.807, 2.05) is 0 Å². The largest absolute Gasteiger partial charge is 0.508 e. The number of urea groups is 2. The molecule has 0 saturated carbocycles. The molecule has 2 fully saturated rings. The lowest BCUT2D eigenvalue weighted by atomic mass is 10.00. The molecule has 0 bridgehead atoms. The molecule has 2 saturated heterocycles. The number of guanidine groups is 3. The van der Waals surface area contributed by atoms with E-state index in [-0.39, 0.29) is 146 Å². The number of hydrogen-bond donors (Lipinski definition) is 32. The molecule has 6 rings (SSSR count). The average Bonchev–Trinajstić information content (AvgIpc) is 1.67. The molecule has 54 heteroatoms. The second kappa shape index (κ2) is 61.4. The van der Waals surface area contributed by atoms with E-state index in [1.54, 1.807) is 42.5 Å². The molecule has 19 amide bonds. The summed E-state index contributed by atoms with van der Waals surface area (Å²) in [5, 5.41) is 112. The van der Waals surface area contributed by atoms with Crippen LogP contribution in [0.2, 0.25) is 0 Å². The molecule has 2 heterocycles. The van der Waals surface area contributed by atoms with Crippen molar-refractivity contribution in [1.82, 2.24) is 101 Å². The number of amides is 19. The number of carbonyl (C=O) groups is 19. The lowest BCUT2D eigenvalue weighted by Gasteiger charge is -2.31. The van der Waals surface area contributed by atoms with Crippen LogP contribution in [0.25, 0.3) is 10.8 Å². The highest BCUT2D eigenvalue weighted by molar-refractivity contribution is 8.76. The number of benzene rings is 4. The van der Waals surface area contributed by atoms with E-state index in [1.165, 1.54) is 48.5 Å². The molecule has 0 unspecified atom stereocenters. The van der Waals surface area contributed by atoms with Gasteiger partial charge in [0.1, 0.15) is 96.1 Å². The Morgan fingerprint density at radius 3 is 1.33 bits per heavy atom. The summed E-state index contributed by atoms with van der Waals surface area (Å²) in [6.45, 7) is 0.198. The van der Waals surface area contributed by atoms with Gasteiger partial charge in [-0.1, -0.05) is 88.3 Å². The number of unbranched alkanes of at least 4 members (excludes halogenated alkanes) is 1. The molecule has 144 heavy (non-hydrogen) atoms. The Balaban J connectivity index is 1.63. The molecule has 39 N–H and O–H groups in total. The van der Waals surface area contributed by atoms with Crippen LogP contribution in [0.4, 0.5) is 9.59 Å². The number of nitrogens with one attached hydrogen (secondary N) is 21. The van der Waals surface area contributed by atoms with Gasteiger partial charge in [-0.3, -0.25) is 97.7 Å². The van der Waals surface area contributed by atoms with E-state index in [9.17, 15) is 54.0 Å². The molecule has 4 aromatic carbocycles. The number of carboxylic acid groups (broad SMARTS) is 2. The lowest BCUT2D eigenvalue weighted by Crippen LogP contribution is -2.61. The minimum Gasteiger partial charge on any atom is -0.508 e. The van der Waals surface area contributed by atoms with Crippen LogP contribution in [0.5, 0.6) is 11.5 Å². The molecule has 52 nitrogen and oxygen atoms in total. The highest BCUT2D eigenvalue weighted by Gasteiger charge is 2.43. The van der Waals surface area contributed by atoms with E-state index >= 15 is 57.5 Å². The van der Waals surface area contributed by atoms with Crippen molar-refractivity contribution in [3.8, 4) is 11.5 Å². The number of aliphatic carboxylic acids is 2. The van der Waals surface area contributed by atoms with Crippen molar-refractivity contribution in [2.75, 3.05) is 57.3 Å². The second-order valence-electron chi connectivity index (χ2n) is 34.2. The summed E-state index contributed by atoms with van der Waals surface area (Å²) in [6, 6.07) is -3.68. The van der Waals surface area contributed by atoms with E-state index in [2.05, 4.69) is 95.7 Å². The summed E-state index contributed by atoms with van der Waals surface area (Å²) in [7, 11) is 1.41. The normalized spacial score (nSPS) is 20.1. The summed E-state index contributed by atoms with van der Waals surface area (Å²) in [5.74, 6) is -22.3. The fraction of sp³-hybridized carbons (Fsp3) is 0.511. The van der Waals surface area contributed by atoms with Gasteiger partial charge in [-0.2, -0.15) is 0 Å². The highest BCUT2D eigenvalue weighted by Crippen LogP contribution is 2.27. The van der Waals surface area contributed by atoms with Crippen LogP contribution in [0.3, 0.4) is 0 Å². The van der Waals surface area contributed by atoms with Gasteiger partial charge in [0.15, 0.2) is 17.9 Å². The maximum Gasteiger partial charge on any atom is 0.312 e. The molecule has 0 aromatic heterocycles. The van der Waals surface area contributed by atoms with Crippen molar-refractivity contribution < 1.29 is 112 Å². The average molecular weight is 2050 g/mol. The van der Waals surface area contributed by atoms with Crippen molar-refractivity contribution >= 4 is 163 Å². The number of rotatable bonds is 46. The number of aromatic hydroxyl groups is 2. The first-order valence-electron chi connectivity index (χ1n) is 46.7. The van der Waals surface area contributed by atoms with Crippen LogP contribution in [0.1, 0.15) is 146 Å². The summed E-state index contributed by atoms with van der Waals surface area (Å²) >= 11 is 0. The number of carboxylic acids is 2. The Labute approximate surface area is 836 Å². The topological polar surface area (TPSA) is 879 Å². The Kier molecular flexibility index (Phi) is 50.1. The van der Waals surface area contributed by atoms with Crippen LogP contribution in [0.15, 0.2) is 91.0 Å². The molecule has 0 radical (unpaired) electrons. The van der Waals surface area contributed by atoms with Gasteiger partial charge in [0, 0.05) is 89.8 Å². The molecule has 4 aromatic rings. The van der Waals surface area contributed by atoms with E-state index in [0.29, 0.717) is 38.1 Å². The highest BCUT2D eigenvalue weighted by atomic mass is 33.1. The minimum atomic E-state index is -1.98. The molecule has 0 spiro atoms. The second-order valence-corrected chi connectivity index (χ2v) is 36.8. The Bertz CT molecular complexity index is 5150. The maximum atomic E-state index is 16.0. The Hall–Kier alpha value is -15.3. The minimum absolute atomic E-state index is 0.0211. The molecule has 14 atom stereocenters. The van der Waals surface area contributed by atoms with Gasteiger partial charge in [0.2, 0.25) is 88.6 Å². The summed E-state index contributed by atoms with van der Waals surface area (Å²) in [6.07, 6.45) is -5.94. The third-order valence-corrected chi connectivity index (χ3v) is 25.3. The lowest BCUT2D eigenvalue weighted by molar-refractivity contribution is -0.143. The number of hydrogen-bond acceptors (Lipinski definition) is 27. The SMILES string of the molecule is CC(=O)N[C@@H](CCC(=O)O)C(=O)N[C@@H](CCCNC(=N)N)C(=O)N[C@@H](Cc1ccc2ccccc2c1)C(=O)N[C@H]1CSSC[C@@H](C(=O)N[C@@H](CCCNC(=N)N)C(N)=O)NC(=O)[C@H](CCCNC(N)=O)NC(=O)[C@H](CCCNC(=N)N)NC(=O)[C@H](Cc2ccc(O)cc2)NC(=O)[C@@H]2CCCN2C(=O)[C@@H](CCC(=O)O)NC(=O)[C@H](CCCCN)NC(=O)[C@H](CCCNC(N)=O)NC(=O)[C@H](Cc2ccc(O)cc2)NC1=O. The number of carbonyl (C=O) groups excluding carboxylic acids is 17. The maximum absolute atomic E-state index is 16.0. The predicted molar refractivity (Wildman–Crippen MR) is 529 cm³/mol. The monoisotopic (exact) mass is 2050 g/mol. The number of nitrogens with zero attached hydrogens (tertiary/aromatic N) is 1. The van der Waals surface area contributed by atoms with Gasteiger partial charge in [0.05, 0.1) is 0 Å². The van der Waals surface area contributed by atoms with Crippen LogP contribution < -0.4 is 136 Å². The van der Waals surface area contributed by atoms with Crippen LogP contribution in [-0.4, -0.2) is 298 Å². The van der Waals surface area contributed by atoms with Gasteiger partial charge in [-0.05, 0) is 167 Å². The standard InChI is InChI=1S/C90H133N29O23S2/c1-48(120)106-62(31-33-70(123)124)78(133)110-60(17-8-38-103-88(97)98)76(131)114-66(45-51-21-26-52-12-2-3-13-53(52)42-51)81(136)118-68-47-144-143-46-67(82(137)107-56(72(92)127)15-6-36-101-86(93)94)117-77(132)61(19-10-40-105-90(100)142)109-74(129)58(16-7-37-102-87(95)96)112-80(135)65(44-50-24-29-55(122)30-25-50)116-84(139)69-20-11-41-119(69)85(140)63(32-34-71(125)126)113-75(130)57(14-4-5-35-91)108-73(128)59(18-9-39-104-89(99)141)111-79(134)64(115-83(68)138)43-49-22-27-54(121)28-23-49/h2-3,12-13,21-30,42,56-69,121-122H,4-11,14-20,31-41,43-47,91H2,1H3,(H2,92,127)(H,106,120)(H,107,137)(H,108,128)(H,109,129)(H,110,133)(H,111,134)(H,112,135)(H,113,130)(H,114,131)(H,115,138)(H,116,139)(H,117,132)(H,118,136)(H,123,124)(H,125,126)(H4,93,94,101)(H4,95,96,102)(H4,97,98,103)(H3,99,104,141)(H3,100,105,142)/t56-,57-,58-,59-,60-,61-,62-,63+,64-,65-,66-,67-,68-,69-/m0/s1. The van der Waals surface area contributed by atoms with Gasteiger partial charge < -0.3 is 161 Å². The Morgan fingerprint density at radius 1 is 0.431 bits per heavy atom. The van der Waals surface area contributed by atoms with Gasteiger partial charge in [-0.25, -0.2) is 9.59 Å². The summed E-state index contributed by atoms with van der Waals surface area (Å²) in [5.41, 5.74) is 40.3. The zero-order valence-corrected chi connectivity index (χ0v) is 81.1. The first-order valence-corrected chi connectivity index (χ1v) is 49.2. The van der Waals surface area contributed by atoms with Crippen molar-refractivity contribution in [2.24, 2.45) is 40.1 Å². The molecule has 2 aliphatic heterocycles. The third-order valence-electron chi connectivity index (χ3n) is 22.8. The van der Waals surface area contributed by atoms with Crippen LogP contribution in [-0.2, 0) is 101 Å². The van der Waals surface area contributed by atoms with Crippen molar-refractivity contribution in [3.05, 3.63) is 108 Å². The first-order chi connectivity index (χ1) is 68.5. The predicted octanol–water partition coefficient (Wildman–Crippen LogP) is -5.98. The van der Waals surface area contributed by atoms with Crippen LogP contribution in [0, 0.1) is 16.2 Å². The summed E-state index contributed by atoms with van der Waals surface area (Å²) in [4.78, 5) is 275. The number of primary amides is 3. The van der Waals surface area contributed by atoms with Crippen molar-refractivity contribution in [3.63, 3.8) is 0 Å². The molecule has 0 aliphatic carbocycles. The molecule has 2 aliphatic rings. The molecular weight excluding hydrogens is 1920 g/mol. The first kappa shape index (κ1) is 117. The number of fused-ring (bicyclic) bond motifs is 2. The fourth-order valence-corrected chi connectivity index (χ4v) is 17.7. The number of phenols is 2. The van der Waals surface area contributed by atoms with E-state index < -0.39 is 284 Å². The van der Waals surface area contributed by atoms with E-state index in [4.69, 9.17) is 56.4 Å². The van der Waals surface area contributed by atoms with Gasteiger partial charge in [0.25, 0.3) is 0 Å². The van der Waals surface area contributed by atoms with Crippen molar-refractivity contribution in [2.45, 2.75) is 233 Å². The van der Waals surface area contributed by atoms with Gasteiger partial charge in [-0.15, -0.1) is 0 Å². The quantitative estimate of drug-likeness (QED) is 0.00848. The smallest absolute Gasteiger partial charge is 0.312 e. The number of nitrogens with two attached hydrogens (primary N) is 7. The Morgan fingerprint density at radius 2 is 0.854 bits per heavy atom. The van der Waals surface area contributed by atoms with Gasteiger partial charge >= 0.3 is 24.0 Å². The molecule has 788 valence electrons. The third kappa shape index (κ3) is 43.1. The van der Waals surface area contributed by atoms with Crippen LogP contribution >= 0.6 is 21.6 Å². The number of phenolic OH excluding ortho intramolecular Hbond substituents is 2. The zero-order valence-electron chi connectivity index (χ0n) is 79.5. The van der Waals surface area contributed by atoms with E-state index in [0.717, 1.165) is 17.2 Å². The van der Waals surface area contributed by atoms with Crippen molar-refractivity contribution in [1.29, 1.82) is 16.2 Å². The fourth-order valence-electron chi connectivity index (χ4n) is 15.4. The zero-order chi connectivity index (χ0) is 106.